The third-order valence-corrected chi connectivity index (χ3v) is 3.91. The molecule has 2 rings (SSSR count). The van der Waals surface area contributed by atoms with Crippen LogP contribution in [-0.2, 0) is 11.3 Å². The predicted molar refractivity (Wildman–Crippen MR) is 70.7 cm³/mol. The van der Waals surface area contributed by atoms with Crippen LogP contribution in [0.2, 0.25) is 0 Å². The molecule has 1 saturated heterocycles. The van der Waals surface area contributed by atoms with E-state index in [4.69, 9.17) is 4.74 Å². The van der Waals surface area contributed by atoms with Crippen LogP contribution >= 0.6 is 11.5 Å². The minimum absolute atomic E-state index is 0.0571. The number of aliphatic hydroxyl groups is 1. The van der Waals surface area contributed by atoms with E-state index in [1.807, 2.05) is 6.92 Å². The van der Waals surface area contributed by atoms with E-state index in [0.717, 1.165) is 18.8 Å². The molecule has 2 heterocycles. The van der Waals surface area contributed by atoms with E-state index in [1.54, 1.807) is 0 Å². The van der Waals surface area contributed by atoms with E-state index < -0.39 is 0 Å². The summed E-state index contributed by atoms with van der Waals surface area (Å²) in [5.41, 5.74) is 1.08. The SMILES string of the molecule is CCO[C@H]1CN(Cc2snnc2C(C)C)C[C@@H]1O. The molecule has 102 valence electrons. The monoisotopic (exact) mass is 271 g/mol. The molecule has 0 aromatic carbocycles. The van der Waals surface area contributed by atoms with Gasteiger partial charge in [-0.15, -0.1) is 5.10 Å². The molecule has 1 N–H and O–H groups in total. The molecule has 1 fully saturated rings. The minimum atomic E-state index is -0.381. The number of rotatable bonds is 5. The molecule has 1 aliphatic heterocycles. The fourth-order valence-corrected chi connectivity index (χ4v) is 3.14. The van der Waals surface area contributed by atoms with E-state index >= 15 is 0 Å². The van der Waals surface area contributed by atoms with Gasteiger partial charge >= 0.3 is 0 Å². The molecule has 0 bridgehead atoms. The maximum atomic E-state index is 9.90. The smallest absolute Gasteiger partial charge is 0.0972 e. The molecule has 0 unspecified atom stereocenters. The van der Waals surface area contributed by atoms with Gasteiger partial charge in [0, 0.05) is 26.2 Å². The number of aliphatic hydroxyl groups excluding tert-OH is 1. The standard InChI is InChI=1S/C12H21N3O2S/c1-4-17-10-6-15(5-9(10)16)7-11-12(8(2)3)13-14-18-11/h8-10,16H,4-7H2,1-3H3/t9-,10-/m0/s1. The molecule has 6 heteroatoms. The number of nitrogens with zero attached hydrogens (tertiary/aromatic N) is 3. The van der Waals surface area contributed by atoms with Gasteiger partial charge in [0.2, 0.25) is 0 Å². The van der Waals surface area contributed by atoms with Crippen molar-refractivity contribution >= 4 is 11.5 Å². The second kappa shape index (κ2) is 6.06. The van der Waals surface area contributed by atoms with Gasteiger partial charge in [-0.1, -0.05) is 18.3 Å². The van der Waals surface area contributed by atoms with Crippen molar-refractivity contribution in [3.8, 4) is 0 Å². The highest BCUT2D eigenvalue weighted by Crippen LogP contribution is 2.23. The van der Waals surface area contributed by atoms with Crippen LogP contribution in [0.3, 0.4) is 0 Å². The predicted octanol–water partition coefficient (Wildman–Crippen LogP) is 1.24. The summed E-state index contributed by atoms with van der Waals surface area (Å²) in [6.07, 6.45) is -0.438. The van der Waals surface area contributed by atoms with Crippen LogP contribution in [0.4, 0.5) is 0 Å². The third-order valence-electron chi connectivity index (χ3n) is 3.19. The second-order valence-electron chi connectivity index (χ2n) is 4.99. The van der Waals surface area contributed by atoms with Crippen molar-refractivity contribution < 1.29 is 9.84 Å². The zero-order chi connectivity index (χ0) is 13.1. The Morgan fingerprint density at radius 2 is 2.28 bits per heavy atom. The first-order valence-corrected chi connectivity index (χ1v) is 7.22. The Morgan fingerprint density at radius 3 is 2.94 bits per heavy atom. The fourth-order valence-electron chi connectivity index (χ4n) is 2.31. The van der Waals surface area contributed by atoms with Crippen LogP contribution in [0.1, 0.15) is 37.3 Å². The molecule has 2 atom stereocenters. The molecule has 0 spiro atoms. The van der Waals surface area contributed by atoms with Crippen LogP contribution in [0.15, 0.2) is 0 Å². The Bertz CT molecular complexity index is 383. The van der Waals surface area contributed by atoms with Gasteiger partial charge < -0.3 is 9.84 Å². The average Bonchev–Trinajstić information content (AvgIpc) is 2.88. The Labute approximate surface area is 112 Å². The van der Waals surface area contributed by atoms with E-state index in [-0.39, 0.29) is 12.2 Å². The molecule has 0 saturated carbocycles. The van der Waals surface area contributed by atoms with Gasteiger partial charge in [0.25, 0.3) is 0 Å². The number of aromatic nitrogens is 2. The van der Waals surface area contributed by atoms with E-state index in [9.17, 15) is 5.11 Å². The topological polar surface area (TPSA) is 58.5 Å². The van der Waals surface area contributed by atoms with Gasteiger partial charge in [-0.05, 0) is 24.4 Å². The summed E-state index contributed by atoms with van der Waals surface area (Å²) in [6, 6.07) is 0. The van der Waals surface area contributed by atoms with Crippen molar-refractivity contribution in [3.63, 3.8) is 0 Å². The zero-order valence-electron chi connectivity index (χ0n) is 11.2. The summed E-state index contributed by atoms with van der Waals surface area (Å²) in [5, 5.41) is 14.1. The molecule has 1 aromatic rings. The lowest BCUT2D eigenvalue weighted by Crippen LogP contribution is -2.26. The summed E-state index contributed by atoms with van der Waals surface area (Å²) in [4.78, 5) is 3.42. The van der Waals surface area contributed by atoms with Crippen LogP contribution in [-0.4, -0.2) is 51.5 Å². The largest absolute Gasteiger partial charge is 0.389 e. The Morgan fingerprint density at radius 1 is 1.50 bits per heavy atom. The Hall–Kier alpha value is -0.560. The Kier molecular flexibility index (Phi) is 4.66. The lowest BCUT2D eigenvalue weighted by Gasteiger charge is -2.15. The molecular weight excluding hydrogens is 250 g/mol. The van der Waals surface area contributed by atoms with Gasteiger partial charge in [0.15, 0.2) is 0 Å². The van der Waals surface area contributed by atoms with Crippen LogP contribution in [0, 0.1) is 0 Å². The highest BCUT2D eigenvalue weighted by atomic mass is 32.1. The summed E-state index contributed by atoms with van der Waals surface area (Å²) in [6.45, 7) is 9.12. The van der Waals surface area contributed by atoms with Crippen molar-refractivity contribution in [2.45, 2.75) is 45.4 Å². The number of likely N-dealkylation sites (tertiary alicyclic amines) is 1. The first-order valence-electron chi connectivity index (χ1n) is 6.45. The number of β-amino-alcohol motifs (C(OH)–C–C–N with tert-alkyl or cyclic N) is 1. The van der Waals surface area contributed by atoms with Crippen LogP contribution in [0.5, 0.6) is 0 Å². The van der Waals surface area contributed by atoms with Crippen LogP contribution in [0.25, 0.3) is 0 Å². The summed E-state index contributed by atoms with van der Waals surface area (Å²) in [7, 11) is 0. The van der Waals surface area contributed by atoms with Crippen molar-refractivity contribution in [2.75, 3.05) is 19.7 Å². The molecule has 0 aliphatic carbocycles. The first kappa shape index (κ1) is 13.9. The summed E-state index contributed by atoms with van der Waals surface area (Å²) < 4.78 is 9.55. The number of ether oxygens (including phenoxy) is 1. The molecule has 1 aliphatic rings. The maximum absolute atomic E-state index is 9.90. The fraction of sp³-hybridized carbons (Fsp3) is 0.833. The third kappa shape index (κ3) is 3.06. The van der Waals surface area contributed by atoms with Gasteiger partial charge in [0.05, 0.1) is 22.8 Å². The summed E-state index contributed by atoms with van der Waals surface area (Å²) >= 11 is 1.46. The van der Waals surface area contributed by atoms with Crippen molar-refractivity contribution in [2.24, 2.45) is 0 Å². The lowest BCUT2D eigenvalue weighted by atomic mass is 10.1. The van der Waals surface area contributed by atoms with Gasteiger partial charge in [-0.3, -0.25) is 4.90 Å². The molecule has 18 heavy (non-hydrogen) atoms. The normalized spacial score (nSPS) is 25.2. The zero-order valence-corrected chi connectivity index (χ0v) is 12.0. The summed E-state index contributed by atoms with van der Waals surface area (Å²) in [5.74, 6) is 0.397. The number of hydrogen-bond donors (Lipinski definition) is 1. The van der Waals surface area contributed by atoms with Gasteiger partial charge in [-0.25, -0.2) is 0 Å². The van der Waals surface area contributed by atoms with Crippen molar-refractivity contribution in [1.29, 1.82) is 0 Å². The lowest BCUT2D eigenvalue weighted by molar-refractivity contribution is -0.00244. The molecule has 1 aromatic heterocycles. The molecule has 0 amide bonds. The highest BCUT2D eigenvalue weighted by molar-refractivity contribution is 7.05. The highest BCUT2D eigenvalue weighted by Gasteiger charge is 2.32. The van der Waals surface area contributed by atoms with E-state index in [2.05, 4.69) is 28.3 Å². The maximum Gasteiger partial charge on any atom is 0.0972 e. The van der Waals surface area contributed by atoms with Crippen molar-refractivity contribution in [3.05, 3.63) is 10.6 Å². The Balaban J connectivity index is 1.96. The van der Waals surface area contributed by atoms with E-state index in [0.29, 0.717) is 19.1 Å². The number of hydrogen-bond acceptors (Lipinski definition) is 6. The molecule has 5 nitrogen and oxygen atoms in total. The van der Waals surface area contributed by atoms with E-state index in [1.165, 1.54) is 16.4 Å². The molecule has 0 radical (unpaired) electrons. The van der Waals surface area contributed by atoms with Crippen molar-refractivity contribution in [1.82, 2.24) is 14.5 Å². The second-order valence-corrected chi connectivity index (χ2v) is 5.83. The van der Waals surface area contributed by atoms with Crippen LogP contribution < -0.4 is 0 Å². The van der Waals surface area contributed by atoms with Gasteiger partial charge in [-0.2, -0.15) is 0 Å². The average molecular weight is 271 g/mol. The molecular formula is C12H21N3O2S. The quantitative estimate of drug-likeness (QED) is 0.873. The minimum Gasteiger partial charge on any atom is -0.389 e. The first-order chi connectivity index (χ1) is 8.61. The van der Waals surface area contributed by atoms with Gasteiger partial charge in [0.1, 0.15) is 0 Å².